The number of carbonyl (C=O) groups is 1. The first-order chi connectivity index (χ1) is 21.1. The molecule has 1 heterocycles. The van der Waals surface area contributed by atoms with Crippen LogP contribution in [0.5, 0.6) is 0 Å². The van der Waals surface area contributed by atoms with Crippen molar-refractivity contribution >= 4 is 39.5 Å². The van der Waals surface area contributed by atoms with Crippen molar-refractivity contribution in [1.29, 1.82) is 0 Å². The molecule has 8 rings (SSSR count). The summed E-state index contributed by atoms with van der Waals surface area (Å²) in [7, 11) is 1.41. The van der Waals surface area contributed by atoms with Gasteiger partial charge in [-0.05, 0) is 69.3 Å². The minimum atomic E-state index is -0.681. The van der Waals surface area contributed by atoms with Crippen LogP contribution in [0.25, 0.3) is 44.2 Å². The number of fused-ring (bicyclic) bond motifs is 7. The third kappa shape index (κ3) is 3.58. The molecule has 0 bridgehead atoms. The van der Waals surface area contributed by atoms with Gasteiger partial charge in [0.2, 0.25) is 0 Å². The molecule has 0 saturated carbocycles. The Morgan fingerprint density at radius 2 is 1.33 bits per heavy atom. The number of benzene rings is 6. The topological polar surface area (TPSA) is 39.4 Å². The first kappa shape index (κ1) is 25.6. The van der Waals surface area contributed by atoms with Crippen LogP contribution >= 0.6 is 11.6 Å². The van der Waals surface area contributed by atoms with Gasteiger partial charge in [-0.15, -0.1) is 0 Å². The number of esters is 1. The molecule has 0 fully saturated rings. The molecule has 0 aliphatic heterocycles. The number of hydrogen-bond donors (Lipinski definition) is 0. The van der Waals surface area contributed by atoms with Gasteiger partial charge < -0.3 is 9.15 Å². The molecule has 0 spiro atoms. The molecule has 6 aromatic carbocycles. The van der Waals surface area contributed by atoms with Gasteiger partial charge in [-0.1, -0.05) is 115 Å². The van der Waals surface area contributed by atoms with E-state index in [1.165, 1.54) is 7.11 Å². The zero-order chi connectivity index (χ0) is 29.1. The van der Waals surface area contributed by atoms with Crippen molar-refractivity contribution in [2.75, 3.05) is 7.11 Å². The van der Waals surface area contributed by atoms with Gasteiger partial charge in [0.05, 0.1) is 18.1 Å². The molecule has 0 atom stereocenters. The van der Waals surface area contributed by atoms with Crippen LogP contribution in [0.1, 0.15) is 32.6 Å². The molecule has 7 aromatic rings. The number of furan rings is 1. The standard InChI is InChI=1S/C39H25ClO3/c1-42-38(41)28-17-9-8-16-27(28)31-23-33-35(36-30-18-10-11-19-34(30)43-37(31)36)29-21-20-26(40)22-32(29)39(33,24-12-4-2-5-13-24)25-14-6-3-7-15-25/h2-23H,1H3. The van der Waals surface area contributed by atoms with E-state index in [4.69, 9.17) is 20.8 Å². The number of halogens is 1. The fraction of sp³-hybridized carbons (Fsp3) is 0.0513. The van der Waals surface area contributed by atoms with Gasteiger partial charge in [-0.3, -0.25) is 0 Å². The van der Waals surface area contributed by atoms with Crippen molar-refractivity contribution in [3.63, 3.8) is 0 Å². The molecule has 0 unspecified atom stereocenters. The van der Waals surface area contributed by atoms with Crippen LogP contribution in [-0.4, -0.2) is 13.1 Å². The van der Waals surface area contributed by atoms with Crippen LogP contribution in [0.4, 0.5) is 0 Å². The van der Waals surface area contributed by atoms with E-state index in [1.807, 2.05) is 54.6 Å². The Bertz CT molecular complexity index is 2160. The third-order valence-electron chi connectivity index (χ3n) is 8.74. The van der Waals surface area contributed by atoms with Crippen molar-refractivity contribution < 1.29 is 13.9 Å². The molecule has 0 N–H and O–H groups in total. The third-order valence-corrected chi connectivity index (χ3v) is 8.98. The van der Waals surface area contributed by atoms with Crippen LogP contribution in [0.2, 0.25) is 5.02 Å². The summed E-state index contributed by atoms with van der Waals surface area (Å²) in [4.78, 5) is 13.1. The second-order valence-electron chi connectivity index (χ2n) is 10.9. The van der Waals surface area contributed by atoms with E-state index < -0.39 is 11.4 Å². The Labute approximate surface area is 253 Å². The summed E-state index contributed by atoms with van der Waals surface area (Å²) < 4.78 is 11.9. The van der Waals surface area contributed by atoms with Gasteiger partial charge in [0.15, 0.2) is 0 Å². The highest BCUT2D eigenvalue weighted by atomic mass is 35.5. The molecule has 43 heavy (non-hydrogen) atoms. The van der Waals surface area contributed by atoms with Crippen molar-refractivity contribution in [3.8, 4) is 22.3 Å². The lowest BCUT2D eigenvalue weighted by Gasteiger charge is -2.34. The summed E-state index contributed by atoms with van der Waals surface area (Å²) in [6.07, 6.45) is 0. The summed E-state index contributed by atoms with van der Waals surface area (Å²) in [6.45, 7) is 0. The molecule has 0 radical (unpaired) electrons. The monoisotopic (exact) mass is 576 g/mol. The summed E-state index contributed by atoms with van der Waals surface area (Å²) in [5.74, 6) is -0.396. The van der Waals surface area contributed by atoms with Crippen molar-refractivity contribution in [3.05, 3.63) is 166 Å². The Morgan fingerprint density at radius 1 is 0.674 bits per heavy atom. The lowest BCUT2D eigenvalue weighted by Crippen LogP contribution is -2.28. The zero-order valence-corrected chi connectivity index (χ0v) is 24.1. The van der Waals surface area contributed by atoms with Gasteiger partial charge in [0.1, 0.15) is 11.2 Å². The minimum Gasteiger partial charge on any atom is -0.465 e. The van der Waals surface area contributed by atoms with E-state index in [9.17, 15) is 4.79 Å². The van der Waals surface area contributed by atoms with Crippen LogP contribution in [0, 0.1) is 0 Å². The molecule has 0 amide bonds. The second kappa shape index (κ2) is 9.72. The van der Waals surface area contributed by atoms with E-state index in [-0.39, 0.29) is 0 Å². The predicted octanol–water partition coefficient (Wildman–Crippen LogP) is 10.1. The molecular formula is C39H25ClO3. The summed E-state index contributed by atoms with van der Waals surface area (Å²) >= 11 is 6.79. The van der Waals surface area contributed by atoms with Crippen LogP contribution in [-0.2, 0) is 10.2 Å². The van der Waals surface area contributed by atoms with E-state index in [1.54, 1.807) is 6.07 Å². The highest BCUT2D eigenvalue weighted by molar-refractivity contribution is 6.31. The highest BCUT2D eigenvalue weighted by Crippen LogP contribution is 2.60. The van der Waals surface area contributed by atoms with Gasteiger partial charge in [0.25, 0.3) is 0 Å². The summed E-state index contributed by atoms with van der Waals surface area (Å²) in [5, 5.41) is 2.71. The molecule has 206 valence electrons. The van der Waals surface area contributed by atoms with Crippen LogP contribution in [0.15, 0.2) is 138 Å². The predicted molar refractivity (Wildman–Crippen MR) is 173 cm³/mol. The lowest BCUT2D eigenvalue weighted by molar-refractivity contribution is 0.0601. The van der Waals surface area contributed by atoms with Crippen molar-refractivity contribution in [2.45, 2.75) is 5.41 Å². The van der Waals surface area contributed by atoms with Crippen molar-refractivity contribution in [2.24, 2.45) is 0 Å². The number of hydrogen-bond acceptors (Lipinski definition) is 3. The second-order valence-corrected chi connectivity index (χ2v) is 11.3. The molecule has 4 heteroatoms. The highest BCUT2D eigenvalue weighted by Gasteiger charge is 2.48. The summed E-state index contributed by atoms with van der Waals surface area (Å²) in [6, 6.07) is 45.3. The first-order valence-electron chi connectivity index (χ1n) is 14.2. The van der Waals surface area contributed by atoms with Crippen LogP contribution in [0.3, 0.4) is 0 Å². The number of para-hydroxylation sites is 1. The molecular weight excluding hydrogens is 552 g/mol. The van der Waals surface area contributed by atoms with E-state index >= 15 is 0 Å². The SMILES string of the molecule is COC(=O)c1ccccc1-c1cc2c(c3c1oc1ccccc13)-c1ccc(Cl)cc1C2(c1ccccc1)c1ccccc1. The Morgan fingerprint density at radius 3 is 2.05 bits per heavy atom. The van der Waals surface area contributed by atoms with E-state index in [0.29, 0.717) is 10.6 Å². The number of ether oxygens (including phenoxy) is 1. The van der Waals surface area contributed by atoms with Crippen LogP contribution < -0.4 is 0 Å². The largest absolute Gasteiger partial charge is 0.465 e. The van der Waals surface area contributed by atoms with Gasteiger partial charge >= 0.3 is 5.97 Å². The number of carbonyl (C=O) groups excluding carboxylic acids is 1. The molecule has 1 aliphatic carbocycles. The maximum Gasteiger partial charge on any atom is 0.338 e. The fourth-order valence-corrected chi connectivity index (χ4v) is 7.21. The van der Waals surface area contributed by atoms with Gasteiger partial charge in [-0.2, -0.15) is 0 Å². The van der Waals surface area contributed by atoms with E-state index in [0.717, 1.165) is 66.4 Å². The number of rotatable bonds is 4. The Kier molecular flexibility index (Phi) is 5.78. The van der Waals surface area contributed by atoms with Gasteiger partial charge in [0, 0.05) is 21.4 Å². The maximum atomic E-state index is 13.1. The van der Waals surface area contributed by atoms with Crippen molar-refractivity contribution in [1.82, 2.24) is 0 Å². The summed E-state index contributed by atoms with van der Waals surface area (Å²) in [5.41, 5.74) is 9.60. The normalized spacial score (nSPS) is 13.2. The Hall–Kier alpha value is -5.12. The number of methoxy groups -OCH3 is 1. The fourth-order valence-electron chi connectivity index (χ4n) is 7.04. The first-order valence-corrected chi connectivity index (χ1v) is 14.6. The molecule has 0 saturated heterocycles. The molecule has 1 aromatic heterocycles. The molecule has 3 nitrogen and oxygen atoms in total. The molecule has 1 aliphatic rings. The van der Waals surface area contributed by atoms with E-state index in [2.05, 4.69) is 72.8 Å². The zero-order valence-electron chi connectivity index (χ0n) is 23.3. The average molecular weight is 577 g/mol. The minimum absolute atomic E-state index is 0.396. The smallest absolute Gasteiger partial charge is 0.338 e. The maximum absolute atomic E-state index is 13.1. The average Bonchev–Trinajstić information content (AvgIpc) is 3.58. The Balaban J connectivity index is 1.63. The van der Waals surface area contributed by atoms with Gasteiger partial charge in [-0.25, -0.2) is 4.79 Å². The lowest BCUT2D eigenvalue weighted by atomic mass is 9.67. The quantitative estimate of drug-likeness (QED) is 0.196.